The van der Waals surface area contributed by atoms with Crippen LogP contribution in [0.2, 0.25) is 0 Å². The maximum atomic E-state index is 12.8. The van der Waals surface area contributed by atoms with Gasteiger partial charge in [-0.3, -0.25) is 0 Å². The second-order valence-corrected chi connectivity index (χ2v) is 17.1. The third kappa shape index (κ3) is 14.9. The number of ether oxygens (including phenoxy) is 1. The lowest BCUT2D eigenvalue weighted by molar-refractivity contribution is -0.438. The number of fused-ring (bicyclic) bond motifs is 2. The van der Waals surface area contributed by atoms with Gasteiger partial charge in [-0.2, -0.15) is 9.15 Å². The molecule has 0 fully saturated rings. The SMILES string of the molecule is C=C[N+](Cc1ccccc1)=c1ccc2c(-c3ccccc3C(=O)[O-])c3ccc([N+](=Cc4ccccc4)CCOC(=O)NCCCCCCCCCCCCCCCCCC)cc3oc-2c1. The highest BCUT2D eigenvalue weighted by Gasteiger charge is 2.23. The fraction of sp³-hybridized carbons (Fsp3) is 0.368. The van der Waals surface area contributed by atoms with E-state index < -0.39 is 12.1 Å². The first-order valence-corrected chi connectivity index (χ1v) is 24.1. The van der Waals surface area contributed by atoms with Gasteiger partial charge < -0.3 is 24.4 Å². The van der Waals surface area contributed by atoms with Crippen molar-refractivity contribution >= 4 is 34.9 Å². The van der Waals surface area contributed by atoms with Gasteiger partial charge in [-0.1, -0.05) is 176 Å². The molecule has 0 atom stereocenters. The Bertz CT molecular complexity index is 2490. The number of alkyl carbamates (subject to hydrolysis) is 1. The summed E-state index contributed by atoms with van der Waals surface area (Å²) in [5, 5.41) is 17.0. The highest BCUT2D eigenvalue weighted by Crippen LogP contribution is 2.42. The van der Waals surface area contributed by atoms with Crippen molar-refractivity contribution in [2.45, 2.75) is 116 Å². The Kier molecular flexibility index (Phi) is 19.6. The van der Waals surface area contributed by atoms with E-state index in [0.29, 0.717) is 36.5 Å². The van der Waals surface area contributed by atoms with Gasteiger partial charge >= 0.3 is 6.09 Å². The molecule has 1 aliphatic heterocycles. The molecule has 1 amide bonds. The lowest BCUT2D eigenvalue weighted by atomic mass is 9.90. The molecule has 0 saturated heterocycles. The van der Waals surface area contributed by atoms with Gasteiger partial charge in [0.15, 0.2) is 32.1 Å². The molecule has 4 aromatic rings. The Labute approximate surface area is 386 Å². The first-order chi connectivity index (χ1) is 31.9. The Hall–Kier alpha value is -6.28. The summed E-state index contributed by atoms with van der Waals surface area (Å²) in [5.74, 6) is -0.674. The lowest BCUT2D eigenvalue weighted by Gasteiger charge is -2.18. The third-order valence-corrected chi connectivity index (χ3v) is 12.2. The van der Waals surface area contributed by atoms with E-state index in [4.69, 9.17) is 9.15 Å². The van der Waals surface area contributed by atoms with E-state index in [0.717, 1.165) is 51.5 Å². The number of rotatable bonds is 27. The molecule has 0 radical (unpaired) electrons. The molecule has 4 aromatic carbocycles. The van der Waals surface area contributed by atoms with Crippen molar-refractivity contribution in [1.29, 1.82) is 0 Å². The van der Waals surface area contributed by atoms with Gasteiger partial charge in [0, 0.05) is 51.9 Å². The van der Waals surface area contributed by atoms with E-state index >= 15 is 0 Å². The van der Waals surface area contributed by atoms with Crippen LogP contribution >= 0.6 is 0 Å². The van der Waals surface area contributed by atoms with Gasteiger partial charge in [0.25, 0.3) is 0 Å². The predicted octanol–water partition coefficient (Wildman–Crippen LogP) is 12.4. The van der Waals surface area contributed by atoms with Crippen molar-refractivity contribution in [2.75, 3.05) is 19.7 Å². The second kappa shape index (κ2) is 26.5. The molecule has 0 bridgehead atoms. The fourth-order valence-corrected chi connectivity index (χ4v) is 8.57. The summed E-state index contributed by atoms with van der Waals surface area (Å²) < 4.78 is 16.5. The van der Waals surface area contributed by atoms with Gasteiger partial charge in [-0.25, -0.2) is 4.79 Å². The van der Waals surface area contributed by atoms with Crippen LogP contribution in [0.3, 0.4) is 0 Å². The topological polar surface area (TPSA) is 97.6 Å². The van der Waals surface area contributed by atoms with Crippen molar-refractivity contribution in [3.63, 3.8) is 0 Å². The van der Waals surface area contributed by atoms with Crippen LogP contribution < -0.4 is 20.4 Å². The monoisotopic (exact) mass is 875 g/mol. The zero-order valence-electron chi connectivity index (χ0n) is 38.5. The number of hydrogen-bond acceptors (Lipinski definition) is 5. The van der Waals surface area contributed by atoms with Crippen molar-refractivity contribution in [3.8, 4) is 22.5 Å². The number of amides is 1. The lowest BCUT2D eigenvalue weighted by Crippen LogP contribution is -2.27. The van der Waals surface area contributed by atoms with E-state index in [1.807, 2.05) is 112 Å². The summed E-state index contributed by atoms with van der Waals surface area (Å²) in [4.78, 5) is 25.3. The predicted molar refractivity (Wildman–Crippen MR) is 264 cm³/mol. The molecule has 1 aliphatic carbocycles. The Balaban J connectivity index is 1.11. The number of carbonyl (C=O) groups is 2. The number of nitrogens with zero attached hydrogens (tertiary/aromatic N) is 2. The third-order valence-electron chi connectivity index (χ3n) is 12.2. The first-order valence-electron chi connectivity index (χ1n) is 24.1. The van der Waals surface area contributed by atoms with E-state index in [-0.39, 0.29) is 12.2 Å². The number of benzene rings is 5. The van der Waals surface area contributed by atoms with Crippen molar-refractivity contribution in [3.05, 3.63) is 156 Å². The Morgan fingerprint density at radius 3 is 1.95 bits per heavy atom. The summed E-state index contributed by atoms with van der Waals surface area (Å²) in [5.41, 5.74) is 5.61. The van der Waals surface area contributed by atoms with Crippen LogP contribution in [0.1, 0.15) is 131 Å². The van der Waals surface area contributed by atoms with Gasteiger partial charge in [-0.05, 0) is 42.8 Å². The van der Waals surface area contributed by atoms with Crippen LogP contribution in [0.25, 0.3) is 33.4 Å². The van der Waals surface area contributed by atoms with Crippen molar-refractivity contribution in [2.24, 2.45) is 0 Å². The number of carbonyl (C=O) groups excluding carboxylic acids is 2. The molecule has 8 nitrogen and oxygen atoms in total. The molecular formula is C57H68N3O5+. The molecule has 0 aromatic heterocycles. The average molecular weight is 875 g/mol. The summed E-state index contributed by atoms with van der Waals surface area (Å²) in [7, 11) is 0. The van der Waals surface area contributed by atoms with Crippen LogP contribution in [0.4, 0.5) is 10.5 Å². The Morgan fingerprint density at radius 2 is 1.31 bits per heavy atom. The fourth-order valence-electron chi connectivity index (χ4n) is 8.57. The minimum atomic E-state index is -1.26. The van der Waals surface area contributed by atoms with E-state index in [9.17, 15) is 14.7 Å². The molecule has 1 N–H and O–H groups in total. The van der Waals surface area contributed by atoms with E-state index in [2.05, 4.69) is 31.0 Å². The quantitative estimate of drug-likeness (QED) is 0.0241. The molecule has 1 heterocycles. The molecule has 340 valence electrons. The van der Waals surface area contributed by atoms with Gasteiger partial charge in [0.05, 0.1) is 18.1 Å². The summed E-state index contributed by atoms with van der Waals surface area (Å²) in [6.07, 6.45) is 24.3. The number of carboxylic acid groups (broad SMARTS) is 1. The summed E-state index contributed by atoms with van der Waals surface area (Å²) in [6, 6.07) is 38.9. The first kappa shape index (κ1) is 48.2. The minimum Gasteiger partial charge on any atom is -0.545 e. The number of hydrogen-bond donors (Lipinski definition) is 1. The smallest absolute Gasteiger partial charge is 0.407 e. The standard InChI is InChI=1S/C57H67N3O5/c1-3-5-6-7-8-9-10-11-12-13-14-15-16-17-18-27-38-58-57(63)64-40-39-60(44-46-30-23-20-24-31-46)48-35-37-52-54(42-48)65-53-41-47(59(4-2)43-45-28-21-19-22-29-45)34-36-51(53)55(52)49-32-25-26-33-50(49)56(61)62/h4,19-26,28-37,41-42,44H,2-3,5-18,27,38-40,43H2,1H3/p+1. The molecule has 6 rings (SSSR count). The molecule has 0 unspecified atom stereocenters. The Morgan fingerprint density at radius 1 is 0.692 bits per heavy atom. The van der Waals surface area contributed by atoms with Gasteiger partial charge in [0.2, 0.25) is 11.0 Å². The average Bonchev–Trinajstić information content (AvgIpc) is 3.33. The number of nitrogens with one attached hydrogen (secondary N) is 1. The highest BCUT2D eigenvalue weighted by atomic mass is 16.5. The van der Waals surface area contributed by atoms with Gasteiger partial charge in [0.1, 0.15) is 11.3 Å². The molecule has 8 heteroatoms. The molecule has 65 heavy (non-hydrogen) atoms. The normalized spacial score (nSPS) is 12.0. The zero-order valence-corrected chi connectivity index (χ0v) is 38.5. The van der Waals surface area contributed by atoms with Crippen LogP contribution in [-0.2, 0) is 11.3 Å². The maximum Gasteiger partial charge on any atom is 0.407 e. The van der Waals surface area contributed by atoms with E-state index in [1.165, 1.54) is 89.9 Å². The van der Waals surface area contributed by atoms with Crippen LogP contribution in [0.5, 0.6) is 0 Å². The van der Waals surface area contributed by atoms with Crippen LogP contribution in [-0.4, -0.2) is 42.5 Å². The largest absolute Gasteiger partial charge is 0.545 e. The minimum absolute atomic E-state index is 0.0931. The molecule has 2 aliphatic rings. The van der Waals surface area contributed by atoms with Crippen LogP contribution in [0, 0.1) is 0 Å². The molecular weight excluding hydrogens is 807 g/mol. The summed E-state index contributed by atoms with van der Waals surface area (Å²) in [6.45, 7) is 8.12. The summed E-state index contributed by atoms with van der Waals surface area (Å²) >= 11 is 0. The van der Waals surface area contributed by atoms with Crippen molar-refractivity contribution in [1.82, 2.24) is 9.89 Å². The second-order valence-electron chi connectivity index (χ2n) is 17.1. The number of aromatic carboxylic acids is 1. The number of unbranched alkanes of at least 4 members (excludes halogenated alkanes) is 15. The van der Waals surface area contributed by atoms with Crippen molar-refractivity contribution < 1.29 is 28.4 Å². The molecule has 0 saturated carbocycles. The van der Waals surface area contributed by atoms with E-state index in [1.54, 1.807) is 18.3 Å². The highest BCUT2D eigenvalue weighted by molar-refractivity contribution is 6.07. The van der Waals surface area contributed by atoms with Gasteiger partial charge in [-0.15, -0.1) is 0 Å². The zero-order chi connectivity index (χ0) is 45.5. The maximum absolute atomic E-state index is 12.8. The molecule has 0 spiro atoms. The van der Waals surface area contributed by atoms with Crippen LogP contribution in [0.15, 0.2) is 139 Å². The number of carboxylic acids is 1.